The second-order valence-corrected chi connectivity index (χ2v) is 4.25. The summed E-state index contributed by atoms with van der Waals surface area (Å²) >= 11 is 0. The molecule has 0 fully saturated rings. The summed E-state index contributed by atoms with van der Waals surface area (Å²) in [5.41, 5.74) is 0.802. The van der Waals surface area contributed by atoms with E-state index in [9.17, 15) is 17.6 Å². The molecule has 6 heteroatoms. The van der Waals surface area contributed by atoms with Gasteiger partial charge in [-0.1, -0.05) is 12.1 Å². The van der Waals surface area contributed by atoms with Crippen LogP contribution in [0.4, 0.5) is 17.6 Å². The second kappa shape index (κ2) is 7.45. The molecule has 0 saturated heterocycles. The van der Waals surface area contributed by atoms with Gasteiger partial charge in [0.2, 0.25) is 0 Å². The molecule has 1 rings (SSSR count). The minimum absolute atomic E-state index is 0.0440. The number of ether oxygens (including phenoxy) is 1. The first-order chi connectivity index (χ1) is 8.88. The Labute approximate surface area is 109 Å². The molecule has 19 heavy (non-hydrogen) atoms. The Bertz CT molecular complexity index is 381. The van der Waals surface area contributed by atoms with Crippen molar-refractivity contribution in [3.63, 3.8) is 0 Å². The smallest absolute Gasteiger partial charge is 0.372 e. The normalized spacial score (nSPS) is 13.5. The summed E-state index contributed by atoms with van der Waals surface area (Å²) in [5.74, 6) is -0.306. The number of hydrogen-bond donors (Lipinski definition) is 1. The van der Waals surface area contributed by atoms with Gasteiger partial charge in [-0.3, -0.25) is 0 Å². The Morgan fingerprint density at radius 2 is 2.05 bits per heavy atom. The van der Waals surface area contributed by atoms with E-state index < -0.39 is 12.8 Å². The summed E-state index contributed by atoms with van der Waals surface area (Å²) in [6, 6.07) is 6.15. The predicted molar refractivity (Wildman–Crippen MR) is 64.3 cm³/mol. The molecule has 0 radical (unpaired) electrons. The molecule has 0 unspecified atom stereocenters. The highest BCUT2D eigenvalue weighted by molar-refractivity contribution is 5.19. The van der Waals surface area contributed by atoms with Crippen LogP contribution >= 0.6 is 0 Å². The van der Waals surface area contributed by atoms with Crippen molar-refractivity contribution in [1.29, 1.82) is 0 Å². The zero-order chi connectivity index (χ0) is 14.3. The van der Waals surface area contributed by atoms with E-state index in [1.165, 1.54) is 12.1 Å². The van der Waals surface area contributed by atoms with Crippen molar-refractivity contribution in [2.45, 2.75) is 25.6 Å². The lowest BCUT2D eigenvalue weighted by Gasteiger charge is -2.14. The molecule has 1 aromatic rings. The number of rotatable bonds is 7. The Morgan fingerprint density at radius 3 is 2.68 bits per heavy atom. The minimum atomic E-state index is -4.28. The highest BCUT2D eigenvalue weighted by Gasteiger charge is 2.27. The first-order valence-corrected chi connectivity index (χ1v) is 6.02. The van der Waals surface area contributed by atoms with Crippen LogP contribution in [0.3, 0.4) is 0 Å². The van der Waals surface area contributed by atoms with Gasteiger partial charge in [-0.25, -0.2) is 4.39 Å². The van der Waals surface area contributed by atoms with Gasteiger partial charge in [0.1, 0.15) is 12.4 Å². The number of benzene rings is 1. The van der Waals surface area contributed by atoms with E-state index in [1.807, 2.05) is 6.92 Å². The first-order valence-electron chi connectivity index (χ1n) is 6.02. The van der Waals surface area contributed by atoms with Crippen molar-refractivity contribution in [2.24, 2.45) is 0 Å². The molecule has 1 atom stereocenters. The summed E-state index contributed by atoms with van der Waals surface area (Å²) in [6.45, 7) is 1.20. The third kappa shape index (κ3) is 7.12. The van der Waals surface area contributed by atoms with Gasteiger partial charge in [0, 0.05) is 12.6 Å². The van der Waals surface area contributed by atoms with Crippen LogP contribution in [0.25, 0.3) is 0 Å². The van der Waals surface area contributed by atoms with E-state index in [0.717, 1.165) is 5.56 Å². The molecule has 0 spiro atoms. The van der Waals surface area contributed by atoms with E-state index in [4.69, 9.17) is 0 Å². The third-order valence-corrected chi connectivity index (χ3v) is 2.53. The Morgan fingerprint density at radius 1 is 1.32 bits per heavy atom. The maximum absolute atomic E-state index is 13.0. The third-order valence-electron chi connectivity index (χ3n) is 2.53. The van der Waals surface area contributed by atoms with Gasteiger partial charge in [-0.2, -0.15) is 13.2 Å². The Balaban J connectivity index is 2.16. The van der Waals surface area contributed by atoms with Crippen molar-refractivity contribution in [3.05, 3.63) is 35.6 Å². The van der Waals surface area contributed by atoms with E-state index in [0.29, 0.717) is 13.0 Å². The lowest BCUT2D eigenvalue weighted by molar-refractivity contribution is -0.173. The zero-order valence-electron chi connectivity index (χ0n) is 10.6. The quantitative estimate of drug-likeness (QED) is 0.610. The van der Waals surface area contributed by atoms with Crippen LogP contribution in [-0.4, -0.2) is 25.9 Å². The van der Waals surface area contributed by atoms with Gasteiger partial charge in [0.05, 0.1) is 0 Å². The lowest BCUT2D eigenvalue weighted by atomic mass is 10.1. The number of hydrogen-bond acceptors (Lipinski definition) is 2. The van der Waals surface area contributed by atoms with E-state index >= 15 is 0 Å². The molecule has 0 bridgehead atoms. The second-order valence-electron chi connectivity index (χ2n) is 4.25. The van der Waals surface area contributed by atoms with Crippen molar-refractivity contribution in [2.75, 3.05) is 19.8 Å². The fraction of sp³-hybridized carbons (Fsp3) is 0.538. The fourth-order valence-corrected chi connectivity index (χ4v) is 1.57. The summed E-state index contributed by atoms with van der Waals surface area (Å²) < 4.78 is 52.8. The number of nitrogens with one attached hydrogen (secondary N) is 1. The number of alkyl halides is 3. The molecule has 108 valence electrons. The fourth-order valence-electron chi connectivity index (χ4n) is 1.57. The van der Waals surface area contributed by atoms with Crippen LogP contribution in [0, 0.1) is 5.82 Å². The van der Waals surface area contributed by atoms with Crippen molar-refractivity contribution < 1.29 is 22.3 Å². The van der Waals surface area contributed by atoms with Crippen molar-refractivity contribution in [1.82, 2.24) is 5.32 Å². The molecule has 0 aromatic heterocycles. The van der Waals surface area contributed by atoms with Crippen molar-refractivity contribution >= 4 is 0 Å². The molecule has 0 heterocycles. The lowest BCUT2D eigenvalue weighted by Crippen LogP contribution is -2.22. The zero-order valence-corrected chi connectivity index (χ0v) is 10.6. The van der Waals surface area contributed by atoms with E-state index in [-0.39, 0.29) is 18.5 Å². The maximum Gasteiger partial charge on any atom is 0.411 e. The largest absolute Gasteiger partial charge is 0.411 e. The number of halogens is 4. The Kier molecular flexibility index (Phi) is 6.24. The van der Waals surface area contributed by atoms with Crippen molar-refractivity contribution in [3.8, 4) is 0 Å². The molecule has 2 nitrogen and oxygen atoms in total. The standard InChI is InChI=1S/C13H17F4NO/c1-10(11-4-2-5-12(14)8-11)18-6-3-7-19-9-13(15,16)17/h2,4-5,8,10,18H,3,6-7,9H2,1H3/t10-/m0/s1. The van der Waals surface area contributed by atoms with Gasteiger partial charge in [0.25, 0.3) is 0 Å². The molecule has 1 aromatic carbocycles. The van der Waals surface area contributed by atoms with Crippen LogP contribution < -0.4 is 5.32 Å². The van der Waals surface area contributed by atoms with Crippen LogP contribution in [0.15, 0.2) is 24.3 Å². The summed E-state index contributed by atoms with van der Waals surface area (Å²) in [6.07, 6.45) is -3.81. The summed E-state index contributed by atoms with van der Waals surface area (Å²) in [5, 5.41) is 3.10. The molecule has 0 aliphatic carbocycles. The Hall–Kier alpha value is -1.14. The van der Waals surface area contributed by atoms with Gasteiger partial charge >= 0.3 is 6.18 Å². The van der Waals surface area contributed by atoms with Gasteiger partial charge in [0.15, 0.2) is 0 Å². The average molecular weight is 279 g/mol. The molecule has 1 N–H and O–H groups in total. The van der Waals surface area contributed by atoms with E-state index in [2.05, 4.69) is 10.1 Å². The molecular weight excluding hydrogens is 262 g/mol. The first kappa shape index (κ1) is 15.9. The predicted octanol–water partition coefficient (Wildman–Crippen LogP) is 3.45. The molecule has 0 saturated carbocycles. The topological polar surface area (TPSA) is 21.3 Å². The summed E-state index contributed by atoms with van der Waals surface area (Å²) in [7, 11) is 0. The van der Waals surface area contributed by atoms with Crippen LogP contribution in [0.1, 0.15) is 24.9 Å². The monoisotopic (exact) mass is 279 g/mol. The SMILES string of the molecule is C[C@H](NCCCOCC(F)(F)F)c1cccc(F)c1. The molecule has 0 aliphatic rings. The minimum Gasteiger partial charge on any atom is -0.372 e. The van der Waals surface area contributed by atoms with Crippen LogP contribution in [0.2, 0.25) is 0 Å². The van der Waals surface area contributed by atoms with Gasteiger partial charge < -0.3 is 10.1 Å². The maximum atomic E-state index is 13.0. The van der Waals surface area contributed by atoms with Gasteiger partial charge in [-0.15, -0.1) is 0 Å². The highest BCUT2D eigenvalue weighted by atomic mass is 19.4. The van der Waals surface area contributed by atoms with Crippen LogP contribution in [0.5, 0.6) is 0 Å². The summed E-state index contributed by atoms with van der Waals surface area (Å²) in [4.78, 5) is 0. The highest BCUT2D eigenvalue weighted by Crippen LogP contribution is 2.15. The average Bonchev–Trinajstić information content (AvgIpc) is 2.32. The van der Waals surface area contributed by atoms with E-state index in [1.54, 1.807) is 12.1 Å². The molecule has 0 aliphatic heterocycles. The molecular formula is C13H17F4NO. The van der Waals surface area contributed by atoms with Crippen LogP contribution in [-0.2, 0) is 4.74 Å². The molecule has 0 amide bonds. The van der Waals surface area contributed by atoms with Gasteiger partial charge in [-0.05, 0) is 37.6 Å².